The molecule has 8 nitrogen and oxygen atoms in total. The fourth-order valence-electron chi connectivity index (χ4n) is 3.72. The summed E-state index contributed by atoms with van der Waals surface area (Å²) in [6.45, 7) is 1.22. The van der Waals surface area contributed by atoms with Gasteiger partial charge in [0.15, 0.2) is 0 Å². The van der Waals surface area contributed by atoms with E-state index in [1.165, 1.54) is 0 Å². The van der Waals surface area contributed by atoms with E-state index in [1.54, 1.807) is 39.5 Å². The highest BCUT2D eigenvalue weighted by atomic mass is 16.5. The van der Waals surface area contributed by atoms with Gasteiger partial charge in [0, 0.05) is 36.2 Å². The molecule has 1 amide bonds. The summed E-state index contributed by atoms with van der Waals surface area (Å²) in [5.74, 6) is 3.14. The molecule has 0 aliphatic carbocycles. The van der Waals surface area contributed by atoms with Crippen molar-refractivity contribution < 1.29 is 23.5 Å². The average Bonchev–Trinajstić information content (AvgIpc) is 3.33. The van der Waals surface area contributed by atoms with Gasteiger partial charge in [0.1, 0.15) is 17.2 Å². The second-order valence-corrected chi connectivity index (χ2v) is 7.36. The van der Waals surface area contributed by atoms with Gasteiger partial charge in [-0.2, -0.15) is 4.98 Å². The first-order chi connectivity index (χ1) is 15.1. The minimum Gasteiger partial charge on any atom is -0.497 e. The molecule has 1 fully saturated rings. The zero-order chi connectivity index (χ0) is 21.8. The normalized spacial score (nSPS) is 14.4. The Morgan fingerprint density at radius 2 is 1.65 bits per heavy atom. The van der Waals surface area contributed by atoms with Gasteiger partial charge in [-0.25, -0.2) is 0 Å². The number of amides is 1. The van der Waals surface area contributed by atoms with Gasteiger partial charge < -0.3 is 23.6 Å². The van der Waals surface area contributed by atoms with Crippen molar-refractivity contribution in [1.82, 2.24) is 15.0 Å². The van der Waals surface area contributed by atoms with Crippen LogP contribution in [0.2, 0.25) is 0 Å². The average molecular weight is 423 g/mol. The summed E-state index contributed by atoms with van der Waals surface area (Å²) >= 11 is 0. The molecule has 1 aromatic heterocycles. The highest BCUT2D eigenvalue weighted by molar-refractivity contribution is 5.95. The first-order valence-corrected chi connectivity index (χ1v) is 10.1. The maximum atomic E-state index is 13.0. The molecule has 4 rings (SSSR count). The SMILES string of the molecule is COc1cc(OC)cc(C(=O)N2CCC(c3nc(-c4cccc(OC)c4)no3)CC2)c1. The van der Waals surface area contributed by atoms with E-state index in [-0.39, 0.29) is 11.8 Å². The number of aromatic nitrogens is 2. The Kier molecular flexibility index (Phi) is 6.06. The molecular weight excluding hydrogens is 398 g/mol. The van der Waals surface area contributed by atoms with Crippen molar-refractivity contribution in [3.8, 4) is 28.6 Å². The lowest BCUT2D eigenvalue weighted by atomic mass is 9.96. The molecule has 2 heterocycles. The molecule has 3 aromatic rings. The van der Waals surface area contributed by atoms with E-state index >= 15 is 0 Å². The minimum absolute atomic E-state index is 0.0433. The molecule has 0 saturated carbocycles. The molecule has 0 spiro atoms. The summed E-state index contributed by atoms with van der Waals surface area (Å²) in [6.07, 6.45) is 1.51. The van der Waals surface area contributed by atoms with Crippen LogP contribution in [0.25, 0.3) is 11.4 Å². The number of ether oxygens (including phenoxy) is 3. The van der Waals surface area contributed by atoms with E-state index in [4.69, 9.17) is 18.7 Å². The van der Waals surface area contributed by atoms with Crippen LogP contribution >= 0.6 is 0 Å². The van der Waals surface area contributed by atoms with E-state index in [0.29, 0.717) is 41.9 Å². The Labute approximate surface area is 180 Å². The molecular formula is C23H25N3O5. The fraction of sp³-hybridized carbons (Fsp3) is 0.348. The number of carbonyl (C=O) groups is 1. The predicted octanol–water partition coefficient (Wildman–Crippen LogP) is 3.78. The molecule has 0 radical (unpaired) electrons. The summed E-state index contributed by atoms with van der Waals surface area (Å²) in [4.78, 5) is 19.4. The maximum Gasteiger partial charge on any atom is 0.254 e. The number of piperidine rings is 1. The minimum atomic E-state index is -0.0433. The van der Waals surface area contributed by atoms with E-state index in [0.717, 1.165) is 24.2 Å². The molecule has 1 aliphatic rings. The van der Waals surface area contributed by atoms with Crippen molar-refractivity contribution in [2.24, 2.45) is 0 Å². The summed E-state index contributed by atoms with van der Waals surface area (Å²) in [5, 5.41) is 4.13. The number of hydrogen-bond donors (Lipinski definition) is 0. The van der Waals surface area contributed by atoms with Crippen LogP contribution in [0.1, 0.15) is 35.0 Å². The molecule has 0 unspecified atom stereocenters. The smallest absolute Gasteiger partial charge is 0.254 e. The van der Waals surface area contributed by atoms with Crippen LogP contribution in [0.3, 0.4) is 0 Å². The predicted molar refractivity (Wildman–Crippen MR) is 114 cm³/mol. The van der Waals surface area contributed by atoms with Crippen LogP contribution in [0.5, 0.6) is 17.2 Å². The van der Waals surface area contributed by atoms with Gasteiger partial charge in [-0.1, -0.05) is 17.3 Å². The van der Waals surface area contributed by atoms with E-state index in [2.05, 4.69) is 10.1 Å². The fourth-order valence-corrected chi connectivity index (χ4v) is 3.72. The molecule has 0 N–H and O–H groups in total. The second-order valence-electron chi connectivity index (χ2n) is 7.36. The number of likely N-dealkylation sites (tertiary alicyclic amines) is 1. The molecule has 0 atom stereocenters. The van der Waals surface area contributed by atoms with E-state index < -0.39 is 0 Å². The first kappa shape index (κ1) is 20.7. The molecule has 1 saturated heterocycles. The molecule has 8 heteroatoms. The third-order valence-corrected chi connectivity index (χ3v) is 5.50. The lowest BCUT2D eigenvalue weighted by Gasteiger charge is -2.30. The third-order valence-electron chi connectivity index (χ3n) is 5.50. The topological polar surface area (TPSA) is 86.9 Å². The number of carbonyl (C=O) groups excluding carboxylic acids is 1. The summed E-state index contributed by atoms with van der Waals surface area (Å²) in [6, 6.07) is 12.8. The quantitative estimate of drug-likeness (QED) is 0.596. The van der Waals surface area contributed by atoms with Crippen molar-refractivity contribution in [1.29, 1.82) is 0 Å². The summed E-state index contributed by atoms with van der Waals surface area (Å²) < 4.78 is 21.3. The van der Waals surface area contributed by atoms with Crippen molar-refractivity contribution in [3.05, 3.63) is 53.9 Å². The summed E-state index contributed by atoms with van der Waals surface area (Å²) in [5.41, 5.74) is 1.39. The van der Waals surface area contributed by atoms with Crippen LogP contribution in [-0.2, 0) is 0 Å². The first-order valence-electron chi connectivity index (χ1n) is 10.1. The highest BCUT2D eigenvalue weighted by Crippen LogP contribution is 2.31. The Morgan fingerprint density at radius 1 is 0.968 bits per heavy atom. The molecule has 1 aliphatic heterocycles. The zero-order valence-electron chi connectivity index (χ0n) is 17.8. The van der Waals surface area contributed by atoms with Gasteiger partial charge in [0.2, 0.25) is 11.7 Å². The van der Waals surface area contributed by atoms with Crippen molar-refractivity contribution >= 4 is 5.91 Å². The Morgan fingerprint density at radius 3 is 2.29 bits per heavy atom. The van der Waals surface area contributed by atoms with Gasteiger partial charge in [0.25, 0.3) is 5.91 Å². The summed E-state index contributed by atoms with van der Waals surface area (Å²) in [7, 11) is 4.76. The number of nitrogens with zero attached hydrogens (tertiary/aromatic N) is 3. The standard InChI is InChI=1S/C23H25N3O5/c1-28-18-6-4-5-16(11-18)21-24-22(31-25-21)15-7-9-26(10-8-15)23(27)17-12-19(29-2)14-20(13-17)30-3/h4-6,11-15H,7-10H2,1-3H3. The molecule has 2 aromatic carbocycles. The van der Waals surface area contributed by atoms with E-state index in [9.17, 15) is 4.79 Å². The van der Waals surface area contributed by atoms with Crippen LogP contribution < -0.4 is 14.2 Å². The lowest BCUT2D eigenvalue weighted by Crippen LogP contribution is -2.38. The Balaban J connectivity index is 1.42. The second kappa shape index (κ2) is 9.07. The van der Waals surface area contributed by atoms with Gasteiger partial charge in [-0.15, -0.1) is 0 Å². The Bertz CT molecular complexity index is 1030. The van der Waals surface area contributed by atoms with Gasteiger partial charge >= 0.3 is 0 Å². The van der Waals surface area contributed by atoms with Crippen molar-refractivity contribution in [2.75, 3.05) is 34.4 Å². The van der Waals surface area contributed by atoms with Gasteiger partial charge in [-0.3, -0.25) is 4.79 Å². The number of benzene rings is 2. The number of methoxy groups -OCH3 is 3. The zero-order valence-corrected chi connectivity index (χ0v) is 17.8. The molecule has 0 bridgehead atoms. The van der Waals surface area contributed by atoms with E-state index in [1.807, 2.05) is 29.2 Å². The van der Waals surface area contributed by atoms with Crippen molar-refractivity contribution in [3.63, 3.8) is 0 Å². The van der Waals surface area contributed by atoms with Crippen LogP contribution in [0, 0.1) is 0 Å². The maximum absolute atomic E-state index is 13.0. The van der Waals surface area contributed by atoms with Gasteiger partial charge in [-0.05, 0) is 37.1 Å². The Hall–Kier alpha value is -3.55. The lowest BCUT2D eigenvalue weighted by molar-refractivity contribution is 0.0703. The molecule has 162 valence electrons. The van der Waals surface area contributed by atoms with Gasteiger partial charge in [0.05, 0.1) is 21.3 Å². The molecule has 31 heavy (non-hydrogen) atoms. The number of hydrogen-bond acceptors (Lipinski definition) is 7. The van der Waals surface area contributed by atoms with Crippen LogP contribution in [0.15, 0.2) is 47.0 Å². The van der Waals surface area contributed by atoms with Crippen LogP contribution in [0.4, 0.5) is 0 Å². The number of rotatable bonds is 6. The van der Waals surface area contributed by atoms with Crippen molar-refractivity contribution in [2.45, 2.75) is 18.8 Å². The van der Waals surface area contributed by atoms with Crippen LogP contribution in [-0.4, -0.2) is 55.4 Å². The highest BCUT2D eigenvalue weighted by Gasteiger charge is 2.28. The largest absolute Gasteiger partial charge is 0.497 e. The monoisotopic (exact) mass is 423 g/mol. The third kappa shape index (κ3) is 4.47.